The van der Waals surface area contributed by atoms with Crippen molar-refractivity contribution in [1.82, 2.24) is 0 Å². The van der Waals surface area contributed by atoms with E-state index < -0.39 is 5.97 Å². The minimum Gasteiger partial charge on any atom is -0.544 e. The lowest BCUT2D eigenvalue weighted by atomic mass is 10.2. The third-order valence-electron chi connectivity index (χ3n) is 3.20. The number of hydrogen-bond donors (Lipinski definition) is 1. The normalized spacial score (nSPS) is 22.1. The predicted octanol–water partition coefficient (Wildman–Crippen LogP) is 0.532. The zero-order valence-corrected chi connectivity index (χ0v) is 11.5. The lowest BCUT2D eigenvalue weighted by Crippen LogP contribution is -2.54. The van der Waals surface area contributed by atoms with E-state index in [1.54, 1.807) is 12.4 Å². The van der Waals surface area contributed by atoms with Crippen molar-refractivity contribution in [3.63, 3.8) is 0 Å². The molecule has 0 amide bonds. The summed E-state index contributed by atoms with van der Waals surface area (Å²) in [6.45, 7) is 2.96. The van der Waals surface area contributed by atoms with E-state index in [-0.39, 0.29) is 11.0 Å². The average Bonchev–Trinajstić information content (AvgIpc) is 2.71. The number of quaternary nitrogens is 1. The van der Waals surface area contributed by atoms with E-state index in [1.165, 1.54) is 12.8 Å². The molecule has 1 aliphatic heterocycles. The van der Waals surface area contributed by atoms with Gasteiger partial charge in [0.1, 0.15) is 19.3 Å². The van der Waals surface area contributed by atoms with Crippen molar-refractivity contribution < 1.29 is 14.4 Å². The summed E-state index contributed by atoms with van der Waals surface area (Å²) < 4.78 is 0.156. The molecule has 0 aromatic rings. The molecule has 0 saturated heterocycles. The molecule has 19 heavy (non-hydrogen) atoms. The van der Waals surface area contributed by atoms with Crippen LogP contribution in [0.2, 0.25) is 0 Å². The van der Waals surface area contributed by atoms with Crippen molar-refractivity contribution in [1.29, 1.82) is 0 Å². The summed E-state index contributed by atoms with van der Waals surface area (Å²) in [4.78, 5) is 15.2. The molecule has 0 radical (unpaired) electrons. The molecule has 1 heterocycles. The monoisotopic (exact) mass is 265 g/mol. The number of nitrogens with zero attached hydrogens (tertiary/aromatic N) is 2. The molecule has 0 bridgehead atoms. The van der Waals surface area contributed by atoms with Crippen LogP contribution in [0.25, 0.3) is 0 Å². The molecule has 5 heteroatoms. The predicted molar refractivity (Wildman–Crippen MR) is 73.9 cm³/mol. The first kappa shape index (κ1) is 15.6. The zero-order chi connectivity index (χ0) is 14.1. The lowest BCUT2D eigenvalue weighted by molar-refractivity contribution is -0.778. The Morgan fingerprint density at radius 1 is 1.53 bits per heavy atom. The van der Waals surface area contributed by atoms with Gasteiger partial charge in [0.05, 0.1) is 12.2 Å². The van der Waals surface area contributed by atoms with E-state index >= 15 is 0 Å². The van der Waals surface area contributed by atoms with Gasteiger partial charge >= 0.3 is 0 Å². The number of carbonyl (C=O) groups is 1. The molecule has 0 saturated carbocycles. The van der Waals surface area contributed by atoms with Crippen LogP contribution >= 0.6 is 0 Å². The summed E-state index contributed by atoms with van der Waals surface area (Å²) in [5.74, 6) is -0.363. The Morgan fingerprint density at radius 2 is 2.32 bits per heavy atom. The van der Waals surface area contributed by atoms with Gasteiger partial charge in [-0.15, -0.1) is 0 Å². The Balaban J connectivity index is 2.67. The van der Waals surface area contributed by atoms with Crippen LogP contribution in [0.15, 0.2) is 29.5 Å². The SMILES string of the molecule is CCCCC/C=C/C1=NC=C[N+]1(CCN)CC(=O)[O-]. The molecular formula is C14H23N3O2. The Bertz CT molecular complexity index is 388. The highest BCUT2D eigenvalue weighted by Crippen LogP contribution is 2.17. The Morgan fingerprint density at radius 3 is 2.95 bits per heavy atom. The Hall–Kier alpha value is -1.46. The van der Waals surface area contributed by atoms with E-state index in [9.17, 15) is 9.90 Å². The minimum absolute atomic E-state index is 0.119. The van der Waals surface area contributed by atoms with Crippen LogP contribution < -0.4 is 10.8 Å². The van der Waals surface area contributed by atoms with Crippen LogP contribution in [-0.2, 0) is 4.79 Å². The summed E-state index contributed by atoms with van der Waals surface area (Å²) >= 11 is 0. The number of hydrogen-bond acceptors (Lipinski definition) is 4. The van der Waals surface area contributed by atoms with Gasteiger partial charge in [-0.25, -0.2) is 4.48 Å². The van der Waals surface area contributed by atoms with Gasteiger partial charge in [0.15, 0.2) is 0 Å². The molecule has 2 N–H and O–H groups in total. The Kier molecular flexibility index (Phi) is 6.45. The maximum Gasteiger partial charge on any atom is 0.232 e. The van der Waals surface area contributed by atoms with Crippen LogP contribution in [0.1, 0.15) is 32.6 Å². The van der Waals surface area contributed by atoms with Crippen molar-refractivity contribution in [3.05, 3.63) is 24.6 Å². The van der Waals surface area contributed by atoms with Crippen LogP contribution in [-0.4, -0.2) is 35.9 Å². The highest BCUT2D eigenvalue weighted by atomic mass is 16.4. The minimum atomic E-state index is -1.09. The van der Waals surface area contributed by atoms with Crippen molar-refractivity contribution in [2.45, 2.75) is 32.6 Å². The molecule has 0 aromatic carbocycles. The molecule has 1 unspecified atom stereocenters. The van der Waals surface area contributed by atoms with Crippen LogP contribution in [0, 0.1) is 0 Å². The first-order chi connectivity index (χ1) is 9.14. The molecule has 0 aliphatic carbocycles. The number of rotatable bonds is 9. The number of carboxylic acids is 1. The molecule has 106 valence electrons. The number of allylic oxidation sites excluding steroid dienone is 1. The number of nitrogens with two attached hydrogens (primary N) is 1. The third-order valence-corrected chi connectivity index (χ3v) is 3.20. The van der Waals surface area contributed by atoms with Gasteiger partial charge in [0.25, 0.3) is 0 Å². The van der Waals surface area contributed by atoms with Gasteiger partial charge in [-0.05, 0) is 12.8 Å². The molecule has 0 aromatic heterocycles. The smallest absolute Gasteiger partial charge is 0.232 e. The van der Waals surface area contributed by atoms with Crippen molar-refractivity contribution >= 4 is 11.8 Å². The average molecular weight is 265 g/mol. The van der Waals surface area contributed by atoms with Crippen LogP contribution in [0.3, 0.4) is 0 Å². The van der Waals surface area contributed by atoms with E-state index in [4.69, 9.17) is 5.73 Å². The summed E-state index contributed by atoms with van der Waals surface area (Å²) in [6, 6.07) is 0. The number of unbranched alkanes of at least 4 members (excludes halogenated alkanes) is 3. The zero-order valence-electron chi connectivity index (χ0n) is 11.5. The molecule has 5 nitrogen and oxygen atoms in total. The fraction of sp³-hybridized carbons (Fsp3) is 0.571. The van der Waals surface area contributed by atoms with Crippen molar-refractivity contribution in [2.75, 3.05) is 19.6 Å². The summed E-state index contributed by atoms with van der Waals surface area (Å²) in [5.41, 5.74) is 5.58. The third kappa shape index (κ3) is 4.61. The van der Waals surface area contributed by atoms with E-state index in [2.05, 4.69) is 18.0 Å². The first-order valence-electron chi connectivity index (χ1n) is 6.84. The standard InChI is InChI=1S/C14H23N3O2/c1-2-3-4-5-6-7-13-16-9-11-17(13,10-8-15)12-14(18)19/h6-7,9,11H,2-5,8,10,12,15H2,1H3/b7-6+. The molecule has 1 rings (SSSR count). The molecule has 0 fully saturated rings. The number of aliphatic imine (C=N–C) groups is 1. The van der Waals surface area contributed by atoms with E-state index in [1.807, 2.05) is 6.08 Å². The number of amidine groups is 1. The summed E-state index contributed by atoms with van der Waals surface area (Å²) in [6.07, 6.45) is 11.9. The number of carboxylic acid groups (broad SMARTS) is 1. The summed E-state index contributed by atoms with van der Waals surface area (Å²) in [7, 11) is 0. The number of carbonyl (C=O) groups excluding carboxylic acids is 1. The van der Waals surface area contributed by atoms with Gasteiger partial charge in [-0.2, -0.15) is 4.99 Å². The molecular weight excluding hydrogens is 242 g/mol. The van der Waals surface area contributed by atoms with Gasteiger partial charge in [0, 0.05) is 12.6 Å². The van der Waals surface area contributed by atoms with Gasteiger partial charge in [0.2, 0.25) is 5.84 Å². The van der Waals surface area contributed by atoms with Gasteiger partial charge < -0.3 is 15.6 Å². The van der Waals surface area contributed by atoms with Crippen LogP contribution in [0.4, 0.5) is 0 Å². The quantitative estimate of drug-likeness (QED) is 0.488. The van der Waals surface area contributed by atoms with Gasteiger partial charge in [-0.3, -0.25) is 0 Å². The maximum atomic E-state index is 10.9. The molecule has 1 atom stereocenters. The maximum absolute atomic E-state index is 10.9. The fourth-order valence-corrected chi connectivity index (χ4v) is 2.18. The molecule has 0 spiro atoms. The van der Waals surface area contributed by atoms with E-state index in [0.717, 1.165) is 18.7 Å². The van der Waals surface area contributed by atoms with Gasteiger partial charge in [-0.1, -0.05) is 25.8 Å². The first-order valence-corrected chi connectivity index (χ1v) is 6.84. The lowest BCUT2D eigenvalue weighted by Gasteiger charge is -2.31. The second-order valence-electron chi connectivity index (χ2n) is 4.76. The second kappa shape index (κ2) is 7.86. The van der Waals surface area contributed by atoms with Crippen molar-refractivity contribution in [2.24, 2.45) is 10.7 Å². The number of aliphatic carboxylic acids is 1. The largest absolute Gasteiger partial charge is 0.544 e. The second-order valence-corrected chi connectivity index (χ2v) is 4.76. The highest BCUT2D eigenvalue weighted by molar-refractivity contribution is 5.90. The Labute approximate surface area is 114 Å². The summed E-state index contributed by atoms with van der Waals surface area (Å²) in [5, 5.41) is 10.9. The topological polar surface area (TPSA) is 78.5 Å². The molecule has 1 aliphatic rings. The highest BCUT2D eigenvalue weighted by Gasteiger charge is 2.33. The van der Waals surface area contributed by atoms with Crippen LogP contribution in [0.5, 0.6) is 0 Å². The van der Waals surface area contributed by atoms with E-state index in [0.29, 0.717) is 13.1 Å². The van der Waals surface area contributed by atoms with Crippen molar-refractivity contribution in [3.8, 4) is 0 Å². The fourth-order valence-electron chi connectivity index (χ4n) is 2.18.